The molecule has 22 heavy (non-hydrogen) atoms. The first-order valence-corrected chi connectivity index (χ1v) is 7.64. The van der Waals surface area contributed by atoms with Crippen molar-refractivity contribution < 1.29 is 14.7 Å². The number of nitriles is 1. The molecule has 0 spiro atoms. The monoisotopic (exact) mass is 307 g/mol. The number of hydrogen-bond donors (Lipinski definition) is 2. The van der Waals surface area contributed by atoms with E-state index in [0.29, 0.717) is 11.8 Å². The van der Waals surface area contributed by atoms with Gasteiger partial charge in [-0.05, 0) is 24.2 Å². The van der Waals surface area contributed by atoms with E-state index in [1.165, 1.54) is 0 Å². The quantitative estimate of drug-likeness (QED) is 0.594. The van der Waals surface area contributed by atoms with Crippen LogP contribution >= 0.6 is 0 Å². The second-order valence-corrected chi connectivity index (χ2v) is 6.59. The predicted molar refractivity (Wildman–Crippen MR) is 82.6 cm³/mol. The lowest BCUT2D eigenvalue weighted by atomic mass is 9.92. The zero-order valence-corrected chi connectivity index (χ0v) is 13.7. The normalized spacial score (nSPS) is 23.8. The van der Waals surface area contributed by atoms with Gasteiger partial charge < -0.3 is 15.3 Å². The SMILES string of the molecule is CC1CC(C)CN(/C=C(/C#N)C(=O)NC(C(=O)O)C(C)C)C1. The van der Waals surface area contributed by atoms with Gasteiger partial charge in [-0.1, -0.05) is 27.7 Å². The van der Waals surface area contributed by atoms with Crippen LogP contribution in [0.2, 0.25) is 0 Å². The summed E-state index contributed by atoms with van der Waals surface area (Å²) in [5.41, 5.74) is -0.0480. The zero-order chi connectivity index (χ0) is 16.9. The van der Waals surface area contributed by atoms with Gasteiger partial charge in [-0.2, -0.15) is 5.26 Å². The van der Waals surface area contributed by atoms with Crippen molar-refractivity contribution in [2.75, 3.05) is 13.1 Å². The Morgan fingerprint density at radius 3 is 2.27 bits per heavy atom. The minimum atomic E-state index is -1.10. The average molecular weight is 307 g/mol. The molecule has 1 aliphatic rings. The summed E-state index contributed by atoms with van der Waals surface area (Å²) in [6.45, 7) is 9.31. The number of carboxylic acid groups (broad SMARTS) is 1. The third kappa shape index (κ3) is 5.06. The van der Waals surface area contributed by atoms with Crippen LogP contribution in [0.3, 0.4) is 0 Å². The summed E-state index contributed by atoms with van der Waals surface area (Å²) < 4.78 is 0. The largest absolute Gasteiger partial charge is 0.480 e. The highest BCUT2D eigenvalue weighted by molar-refractivity contribution is 5.99. The highest BCUT2D eigenvalue weighted by atomic mass is 16.4. The molecule has 1 aliphatic heterocycles. The Morgan fingerprint density at radius 1 is 1.32 bits per heavy atom. The van der Waals surface area contributed by atoms with Gasteiger partial charge in [0.15, 0.2) is 0 Å². The van der Waals surface area contributed by atoms with Gasteiger partial charge in [0.2, 0.25) is 0 Å². The molecule has 0 bridgehead atoms. The molecule has 0 aromatic heterocycles. The van der Waals surface area contributed by atoms with Crippen LogP contribution in [0.4, 0.5) is 0 Å². The number of carboxylic acids is 1. The van der Waals surface area contributed by atoms with Crippen molar-refractivity contribution in [3.05, 3.63) is 11.8 Å². The van der Waals surface area contributed by atoms with Gasteiger partial charge >= 0.3 is 5.97 Å². The van der Waals surface area contributed by atoms with Crippen molar-refractivity contribution in [1.82, 2.24) is 10.2 Å². The first kappa shape index (κ1) is 18.0. The summed E-state index contributed by atoms with van der Waals surface area (Å²) >= 11 is 0. The van der Waals surface area contributed by atoms with Gasteiger partial charge in [-0.15, -0.1) is 0 Å². The Morgan fingerprint density at radius 2 is 1.86 bits per heavy atom. The van der Waals surface area contributed by atoms with Gasteiger partial charge in [0.05, 0.1) is 0 Å². The fourth-order valence-corrected chi connectivity index (χ4v) is 2.87. The fraction of sp³-hybridized carbons (Fsp3) is 0.688. The Bertz CT molecular complexity index is 483. The zero-order valence-electron chi connectivity index (χ0n) is 13.7. The minimum absolute atomic E-state index is 0.0480. The molecule has 3 unspecified atom stereocenters. The Kier molecular flexibility index (Phi) is 6.41. The summed E-state index contributed by atoms with van der Waals surface area (Å²) in [5.74, 6) is -0.970. The van der Waals surface area contributed by atoms with E-state index in [1.54, 1.807) is 20.0 Å². The van der Waals surface area contributed by atoms with Gasteiger partial charge in [-0.25, -0.2) is 4.79 Å². The number of carbonyl (C=O) groups excluding carboxylic acids is 1. The Hall–Kier alpha value is -2.03. The van der Waals surface area contributed by atoms with Crippen molar-refractivity contribution in [3.8, 4) is 6.07 Å². The molecular formula is C16H25N3O3. The molecule has 1 heterocycles. The number of nitrogens with one attached hydrogen (secondary N) is 1. The number of aliphatic carboxylic acids is 1. The van der Waals surface area contributed by atoms with E-state index < -0.39 is 17.9 Å². The van der Waals surface area contributed by atoms with Crippen LogP contribution in [0.15, 0.2) is 11.8 Å². The summed E-state index contributed by atoms with van der Waals surface area (Å²) in [7, 11) is 0. The van der Waals surface area contributed by atoms with Gasteiger partial charge in [0.1, 0.15) is 17.7 Å². The maximum absolute atomic E-state index is 12.1. The molecule has 1 rings (SSSR count). The molecule has 0 radical (unpaired) electrons. The van der Waals surface area contributed by atoms with Crippen molar-refractivity contribution in [2.24, 2.45) is 17.8 Å². The summed E-state index contributed by atoms with van der Waals surface area (Å²) in [4.78, 5) is 25.2. The summed E-state index contributed by atoms with van der Waals surface area (Å²) in [6, 6.07) is 0.880. The molecule has 0 saturated carbocycles. The first-order valence-electron chi connectivity index (χ1n) is 7.64. The lowest BCUT2D eigenvalue weighted by Crippen LogP contribution is -2.45. The van der Waals surface area contributed by atoms with E-state index in [1.807, 2.05) is 11.0 Å². The minimum Gasteiger partial charge on any atom is -0.480 e. The van der Waals surface area contributed by atoms with Crippen molar-refractivity contribution in [1.29, 1.82) is 5.26 Å². The molecule has 0 aliphatic carbocycles. The molecule has 1 fully saturated rings. The van der Waals surface area contributed by atoms with E-state index >= 15 is 0 Å². The molecule has 0 aromatic carbocycles. The van der Waals surface area contributed by atoms with Gasteiger partial charge in [0.25, 0.3) is 5.91 Å². The number of carbonyl (C=O) groups is 2. The van der Waals surface area contributed by atoms with Crippen molar-refractivity contribution in [3.63, 3.8) is 0 Å². The van der Waals surface area contributed by atoms with E-state index in [0.717, 1.165) is 19.5 Å². The maximum Gasteiger partial charge on any atom is 0.326 e. The van der Waals surface area contributed by atoms with Crippen molar-refractivity contribution >= 4 is 11.9 Å². The van der Waals surface area contributed by atoms with Crippen LogP contribution in [0.25, 0.3) is 0 Å². The lowest BCUT2D eigenvalue weighted by Gasteiger charge is -2.34. The fourth-order valence-electron chi connectivity index (χ4n) is 2.87. The van der Waals surface area contributed by atoms with E-state index in [4.69, 9.17) is 5.11 Å². The summed E-state index contributed by atoms with van der Waals surface area (Å²) in [6.07, 6.45) is 2.69. The van der Waals surface area contributed by atoms with Crippen LogP contribution < -0.4 is 5.32 Å². The average Bonchev–Trinajstić information content (AvgIpc) is 2.39. The Balaban J connectivity index is 2.82. The lowest BCUT2D eigenvalue weighted by molar-refractivity contribution is -0.142. The molecule has 2 N–H and O–H groups in total. The van der Waals surface area contributed by atoms with E-state index in [-0.39, 0.29) is 11.5 Å². The number of hydrogen-bond acceptors (Lipinski definition) is 4. The molecule has 0 aromatic rings. The highest BCUT2D eigenvalue weighted by Crippen LogP contribution is 2.21. The molecular weight excluding hydrogens is 282 g/mol. The number of amides is 1. The Labute approximate surface area is 131 Å². The third-order valence-corrected chi connectivity index (χ3v) is 3.79. The molecule has 1 amide bonds. The molecule has 1 saturated heterocycles. The molecule has 122 valence electrons. The smallest absolute Gasteiger partial charge is 0.326 e. The first-order chi connectivity index (χ1) is 10.2. The number of likely N-dealkylation sites (tertiary alicyclic amines) is 1. The number of piperidine rings is 1. The maximum atomic E-state index is 12.1. The second-order valence-electron chi connectivity index (χ2n) is 6.59. The predicted octanol–water partition coefficient (Wildman–Crippen LogP) is 1.60. The standard InChI is InChI=1S/C16H25N3O3/c1-10(2)14(16(21)22)18-15(20)13(6-17)9-19-7-11(3)5-12(4)8-19/h9-12,14H,5,7-8H2,1-4H3,(H,18,20)(H,21,22)/b13-9-. The van der Waals surface area contributed by atoms with Crippen LogP contribution in [0.5, 0.6) is 0 Å². The highest BCUT2D eigenvalue weighted by Gasteiger charge is 2.26. The van der Waals surface area contributed by atoms with Crippen LogP contribution in [-0.2, 0) is 9.59 Å². The van der Waals surface area contributed by atoms with Crippen LogP contribution in [-0.4, -0.2) is 41.0 Å². The van der Waals surface area contributed by atoms with Crippen LogP contribution in [0, 0.1) is 29.1 Å². The van der Waals surface area contributed by atoms with Crippen molar-refractivity contribution in [2.45, 2.75) is 40.2 Å². The third-order valence-electron chi connectivity index (χ3n) is 3.79. The van der Waals surface area contributed by atoms with E-state index in [9.17, 15) is 14.9 Å². The topological polar surface area (TPSA) is 93.4 Å². The molecule has 6 heteroatoms. The van der Waals surface area contributed by atoms with E-state index in [2.05, 4.69) is 19.2 Å². The summed E-state index contributed by atoms with van der Waals surface area (Å²) in [5, 5.41) is 20.7. The van der Waals surface area contributed by atoms with Gasteiger partial charge in [-0.3, -0.25) is 4.79 Å². The van der Waals surface area contributed by atoms with Crippen LogP contribution in [0.1, 0.15) is 34.1 Å². The number of nitrogens with zero attached hydrogens (tertiary/aromatic N) is 2. The molecule has 6 nitrogen and oxygen atoms in total. The second kappa shape index (κ2) is 7.83. The molecule has 3 atom stereocenters. The van der Waals surface area contributed by atoms with Gasteiger partial charge in [0, 0.05) is 19.3 Å². The number of rotatable bonds is 5.